The highest BCUT2D eigenvalue weighted by Gasteiger charge is 2.22. The van der Waals surface area contributed by atoms with Crippen molar-refractivity contribution in [2.45, 2.75) is 33.0 Å². The van der Waals surface area contributed by atoms with Crippen LogP contribution in [0, 0.1) is 0 Å². The van der Waals surface area contributed by atoms with Gasteiger partial charge < -0.3 is 19.5 Å². The zero-order valence-electron chi connectivity index (χ0n) is 19.3. The Morgan fingerprint density at radius 3 is 2.29 bits per heavy atom. The fourth-order valence-electron chi connectivity index (χ4n) is 3.86. The zero-order chi connectivity index (χ0) is 23.9. The number of ether oxygens (including phenoxy) is 1. The highest BCUT2D eigenvalue weighted by atomic mass is 16.5. The Morgan fingerprint density at radius 1 is 0.941 bits per heavy atom. The maximum absolute atomic E-state index is 13.4. The Labute approximate surface area is 199 Å². The Bertz CT molecular complexity index is 1250. The number of hydrogen-bond acceptors (Lipinski definition) is 4. The van der Waals surface area contributed by atoms with Crippen molar-refractivity contribution in [3.63, 3.8) is 0 Å². The minimum Gasteiger partial charge on any atom is -0.484 e. The summed E-state index contributed by atoms with van der Waals surface area (Å²) in [4.78, 5) is 32.2. The van der Waals surface area contributed by atoms with E-state index in [0.717, 1.165) is 16.7 Å². The molecule has 0 saturated heterocycles. The fourth-order valence-corrected chi connectivity index (χ4v) is 3.86. The second-order valence-electron chi connectivity index (χ2n) is 8.17. The first kappa shape index (κ1) is 23.0. The van der Waals surface area contributed by atoms with Gasteiger partial charge in [0.2, 0.25) is 5.91 Å². The first-order valence-corrected chi connectivity index (χ1v) is 11.3. The summed E-state index contributed by atoms with van der Waals surface area (Å²) in [5.74, 6) is 0.927. The highest BCUT2D eigenvalue weighted by molar-refractivity contribution is 5.94. The van der Waals surface area contributed by atoms with Crippen LogP contribution in [-0.2, 0) is 22.7 Å². The zero-order valence-corrected chi connectivity index (χ0v) is 19.3. The quantitative estimate of drug-likeness (QED) is 0.410. The number of aromatic nitrogens is 2. The van der Waals surface area contributed by atoms with Gasteiger partial charge in [-0.2, -0.15) is 0 Å². The maximum Gasteiger partial charge on any atom is 0.258 e. The van der Waals surface area contributed by atoms with Crippen LogP contribution in [0.3, 0.4) is 0 Å². The minimum atomic E-state index is -0.262. The van der Waals surface area contributed by atoms with Gasteiger partial charge in [0.05, 0.1) is 17.6 Å². The lowest BCUT2D eigenvalue weighted by Crippen LogP contribution is -2.39. The SMILES string of the molecule is CC(C)N(C(=O)Cn1c(CNC(=O)COc2ccccc2)nc2ccccc21)c1ccccc1. The molecule has 0 aliphatic carbocycles. The van der Waals surface area contributed by atoms with Gasteiger partial charge in [-0.25, -0.2) is 4.98 Å². The van der Waals surface area contributed by atoms with E-state index in [1.54, 1.807) is 17.0 Å². The Hall–Kier alpha value is -4.13. The van der Waals surface area contributed by atoms with Crippen LogP contribution in [0.2, 0.25) is 0 Å². The molecule has 4 rings (SSSR count). The number of nitrogens with one attached hydrogen (secondary N) is 1. The van der Waals surface area contributed by atoms with Crippen molar-refractivity contribution in [3.8, 4) is 5.75 Å². The number of rotatable bonds is 9. The number of carbonyl (C=O) groups is 2. The molecule has 2 amide bonds. The third kappa shape index (κ3) is 5.43. The monoisotopic (exact) mass is 456 g/mol. The molecule has 4 aromatic rings. The molecule has 1 aromatic heterocycles. The fraction of sp³-hybridized carbons (Fsp3) is 0.222. The summed E-state index contributed by atoms with van der Waals surface area (Å²) in [5, 5.41) is 2.86. The molecule has 0 aliphatic rings. The number of anilines is 1. The third-order valence-corrected chi connectivity index (χ3v) is 5.40. The van der Waals surface area contributed by atoms with E-state index >= 15 is 0 Å². The molecular weight excluding hydrogens is 428 g/mol. The highest BCUT2D eigenvalue weighted by Crippen LogP contribution is 2.20. The first-order valence-electron chi connectivity index (χ1n) is 11.3. The molecule has 0 radical (unpaired) electrons. The predicted molar refractivity (Wildman–Crippen MR) is 133 cm³/mol. The van der Waals surface area contributed by atoms with E-state index in [-0.39, 0.29) is 37.6 Å². The van der Waals surface area contributed by atoms with Gasteiger partial charge in [0.15, 0.2) is 6.61 Å². The van der Waals surface area contributed by atoms with Crippen LogP contribution in [0.1, 0.15) is 19.7 Å². The number of imidazole rings is 1. The molecule has 0 spiro atoms. The van der Waals surface area contributed by atoms with Gasteiger partial charge in [0, 0.05) is 11.7 Å². The lowest BCUT2D eigenvalue weighted by molar-refractivity contribution is -0.123. The molecule has 0 bridgehead atoms. The van der Waals surface area contributed by atoms with Crippen molar-refractivity contribution >= 4 is 28.5 Å². The van der Waals surface area contributed by atoms with Crippen molar-refractivity contribution in [3.05, 3.63) is 90.8 Å². The van der Waals surface area contributed by atoms with Gasteiger partial charge in [-0.1, -0.05) is 48.5 Å². The molecule has 0 saturated carbocycles. The summed E-state index contributed by atoms with van der Waals surface area (Å²) in [7, 11) is 0. The summed E-state index contributed by atoms with van der Waals surface area (Å²) < 4.78 is 7.39. The van der Waals surface area contributed by atoms with Crippen LogP contribution in [0.5, 0.6) is 5.75 Å². The average Bonchev–Trinajstić information content (AvgIpc) is 3.20. The predicted octanol–water partition coefficient (Wildman–Crippen LogP) is 4.17. The van der Waals surface area contributed by atoms with Crippen LogP contribution in [0.4, 0.5) is 5.69 Å². The second-order valence-corrected chi connectivity index (χ2v) is 8.17. The summed E-state index contributed by atoms with van der Waals surface area (Å²) in [6.45, 7) is 4.18. The molecule has 1 N–H and O–H groups in total. The molecule has 0 atom stereocenters. The molecule has 174 valence electrons. The van der Waals surface area contributed by atoms with Crippen LogP contribution in [-0.4, -0.2) is 34.0 Å². The van der Waals surface area contributed by atoms with E-state index in [9.17, 15) is 9.59 Å². The summed E-state index contributed by atoms with van der Waals surface area (Å²) in [6, 6.07) is 26.4. The molecular formula is C27H28N4O3. The van der Waals surface area contributed by atoms with Crippen molar-refractivity contribution in [1.82, 2.24) is 14.9 Å². The molecule has 1 heterocycles. The summed E-state index contributed by atoms with van der Waals surface area (Å²) >= 11 is 0. The van der Waals surface area contributed by atoms with Crippen molar-refractivity contribution in [2.24, 2.45) is 0 Å². The molecule has 34 heavy (non-hydrogen) atoms. The number of para-hydroxylation sites is 4. The van der Waals surface area contributed by atoms with E-state index in [2.05, 4.69) is 10.3 Å². The average molecular weight is 457 g/mol. The number of benzene rings is 3. The van der Waals surface area contributed by atoms with E-state index in [0.29, 0.717) is 11.6 Å². The molecule has 7 heteroatoms. The first-order chi connectivity index (χ1) is 16.5. The Kier molecular flexibility index (Phi) is 7.22. The molecule has 0 fully saturated rings. The summed E-state index contributed by atoms with van der Waals surface area (Å²) in [6.07, 6.45) is 0. The van der Waals surface area contributed by atoms with E-state index in [1.807, 2.05) is 91.2 Å². The Balaban J connectivity index is 1.50. The van der Waals surface area contributed by atoms with Crippen LogP contribution in [0.15, 0.2) is 84.9 Å². The topological polar surface area (TPSA) is 76.5 Å². The second kappa shape index (κ2) is 10.7. The normalized spacial score (nSPS) is 10.9. The van der Waals surface area contributed by atoms with E-state index in [4.69, 9.17) is 4.74 Å². The van der Waals surface area contributed by atoms with E-state index in [1.165, 1.54) is 0 Å². The molecule has 7 nitrogen and oxygen atoms in total. The molecule has 0 aliphatic heterocycles. The number of hydrogen-bond donors (Lipinski definition) is 1. The van der Waals surface area contributed by atoms with Crippen LogP contribution >= 0.6 is 0 Å². The van der Waals surface area contributed by atoms with Crippen molar-refractivity contribution in [1.29, 1.82) is 0 Å². The Morgan fingerprint density at radius 2 is 1.59 bits per heavy atom. The van der Waals surface area contributed by atoms with Gasteiger partial charge >= 0.3 is 0 Å². The van der Waals surface area contributed by atoms with Crippen LogP contribution in [0.25, 0.3) is 11.0 Å². The van der Waals surface area contributed by atoms with Gasteiger partial charge in [0.25, 0.3) is 5.91 Å². The lowest BCUT2D eigenvalue weighted by atomic mass is 10.2. The van der Waals surface area contributed by atoms with Gasteiger partial charge in [-0.05, 0) is 50.2 Å². The number of nitrogens with zero attached hydrogens (tertiary/aromatic N) is 3. The van der Waals surface area contributed by atoms with Crippen molar-refractivity contribution < 1.29 is 14.3 Å². The van der Waals surface area contributed by atoms with Gasteiger partial charge in [0.1, 0.15) is 18.1 Å². The number of fused-ring (bicyclic) bond motifs is 1. The van der Waals surface area contributed by atoms with E-state index < -0.39 is 0 Å². The lowest BCUT2D eigenvalue weighted by Gasteiger charge is -2.27. The molecule has 3 aromatic carbocycles. The van der Waals surface area contributed by atoms with Crippen molar-refractivity contribution in [2.75, 3.05) is 11.5 Å². The minimum absolute atomic E-state index is 0.0111. The van der Waals surface area contributed by atoms with Gasteiger partial charge in [-0.15, -0.1) is 0 Å². The number of carbonyl (C=O) groups excluding carboxylic acids is 2. The third-order valence-electron chi connectivity index (χ3n) is 5.40. The smallest absolute Gasteiger partial charge is 0.258 e. The molecule has 0 unspecified atom stereocenters. The maximum atomic E-state index is 13.4. The standard InChI is InChI=1S/C27H28N4O3/c1-20(2)31(21-11-5-3-6-12-21)27(33)18-30-24-16-10-9-15-23(24)29-25(30)17-28-26(32)19-34-22-13-7-4-8-14-22/h3-16,20H,17-19H2,1-2H3,(H,28,32). The summed E-state index contributed by atoms with van der Waals surface area (Å²) in [5.41, 5.74) is 2.47. The number of amides is 2. The largest absolute Gasteiger partial charge is 0.484 e. The van der Waals surface area contributed by atoms with Crippen LogP contribution < -0.4 is 15.0 Å². The van der Waals surface area contributed by atoms with Gasteiger partial charge in [-0.3, -0.25) is 9.59 Å².